The monoisotopic (exact) mass is 208 g/mol. The van der Waals surface area contributed by atoms with Crippen LogP contribution in [0.5, 0.6) is 0 Å². The Hall–Kier alpha value is -0.900. The molecule has 0 bridgehead atoms. The highest BCUT2D eigenvalue weighted by atomic mass is 15.3. The lowest BCUT2D eigenvalue weighted by Crippen LogP contribution is -2.27. The first kappa shape index (κ1) is 10.6. The molecule has 4 nitrogen and oxygen atoms in total. The first-order valence-electron chi connectivity index (χ1n) is 5.85. The van der Waals surface area contributed by atoms with Crippen molar-refractivity contribution in [2.45, 2.75) is 45.2 Å². The number of aryl methyl sites for hydroxylation is 1. The summed E-state index contributed by atoms with van der Waals surface area (Å²) in [6, 6.07) is 0.687. The van der Waals surface area contributed by atoms with Gasteiger partial charge in [0.15, 0.2) is 0 Å². The van der Waals surface area contributed by atoms with Crippen LogP contribution in [0.4, 0.5) is 0 Å². The van der Waals surface area contributed by atoms with Crippen molar-refractivity contribution >= 4 is 0 Å². The second kappa shape index (κ2) is 4.75. The maximum Gasteiger partial charge on any atom is 0.140 e. The summed E-state index contributed by atoms with van der Waals surface area (Å²) in [5.74, 6) is 1.96. The highest BCUT2D eigenvalue weighted by Crippen LogP contribution is 2.27. The third-order valence-electron chi connectivity index (χ3n) is 3.47. The Bertz CT molecular complexity index is 307. The first-order valence-corrected chi connectivity index (χ1v) is 5.85. The Morgan fingerprint density at radius 2 is 2.40 bits per heavy atom. The van der Waals surface area contributed by atoms with Crippen molar-refractivity contribution < 1.29 is 0 Å². The second-order valence-corrected chi connectivity index (χ2v) is 4.47. The normalized spacial score (nSPS) is 26.0. The molecule has 84 valence electrons. The van der Waals surface area contributed by atoms with Crippen LogP contribution in [0.2, 0.25) is 0 Å². The van der Waals surface area contributed by atoms with E-state index in [9.17, 15) is 0 Å². The van der Waals surface area contributed by atoms with E-state index >= 15 is 0 Å². The van der Waals surface area contributed by atoms with E-state index in [1.807, 2.05) is 11.7 Å². The van der Waals surface area contributed by atoms with Gasteiger partial charge in [-0.2, -0.15) is 5.10 Å². The Balaban J connectivity index is 1.77. The summed E-state index contributed by atoms with van der Waals surface area (Å²) >= 11 is 0. The number of hydrogen-bond acceptors (Lipinski definition) is 3. The second-order valence-electron chi connectivity index (χ2n) is 4.47. The molecule has 1 saturated carbocycles. The summed E-state index contributed by atoms with van der Waals surface area (Å²) in [5.41, 5.74) is 0. The van der Waals surface area contributed by atoms with Crippen molar-refractivity contribution in [2.24, 2.45) is 13.0 Å². The summed E-state index contributed by atoms with van der Waals surface area (Å²) in [5, 5.41) is 7.62. The number of rotatable bonds is 4. The summed E-state index contributed by atoms with van der Waals surface area (Å²) in [7, 11) is 1.94. The van der Waals surface area contributed by atoms with E-state index in [0.717, 1.165) is 18.3 Å². The number of nitrogens with zero attached hydrogens (tertiary/aromatic N) is 3. The Morgan fingerprint density at radius 3 is 3.00 bits per heavy atom. The zero-order chi connectivity index (χ0) is 10.7. The molecule has 15 heavy (non-hydrogen) atoms. The van der Waals surface area contributed by atoms with Crippen LogP contribution in [0.1, 0.15) is 38.4 Å². The van der Waals surface area contributed by atoms with Gasteiger partial charge < -0.3 is 5.32 Å². The summed E-state index contributed by atoms with van der Waals surface area (Å²) in [6.45, 7) is 3.13. The van der Waals surface area contributed by atoms with Crippen molar-refractivity contribution in [2.75, 3.05) is 0 Å². The third-order valence-corrected chi connectivity index (χ3v) is 3.47. The van der Waals surface area contributed by atoms with Crippen LogP contribution in [0.15, 0.2) is 6.33 Å². The van der Waals surface area contributed by atoms with Crippen molar-refractivity contribution in [1.29, 1.82) is 0 Å². The van der Waals surface area contributed by atoms with Gasteiger partial charge in [0, 0.05) is 13.1 Å². The number of hydrogen-bond donors (Lipinski definition) is 1. The van der Waals surface area contributed by atoms with Gasteiger partial charge in [-0.3, -0.25) is 4.68 Å². The molecular formula is C11H20N4. The highest BCUT2D eigenvalue weighted by molar-refractivity contribution is 4.86. The van der Waals surface area contributed by atoms with Crippen LogP contribution in [0.25, 0.3) is 0 Å². The van der Waals surface area contributed by atoms with Gasteiger partial charge in [0.05, 0.1) is 6.54 Å². The van der Waals surface area contributed by atoms with Crippen molar-refractivity contribution in [1.82, 2.24) is 20.1 Å². The SMILES string of the molecule is CCC1CCC(NCc2ncnn2C)C1. The van der Waals surface area contributed by atoms with E-state index < -0.39 is 0 Å². The van der Waals surface area contributed by atoms with E-state index in [0.29, 0.717) is 6.04 Å². The van der Waals surface area contributed by atoms with Gasteiger partial charge in [-0.15, -0.1) is 0 Å². The fourth-order valence-corrected chi connectivity index (χ4v) is 2.35. The van der Waals surface area contributed by atoms with Crippen LogP contribution in [-0.4, -0.2) is 20.8 Å². The standard InChI is InChI=1S/C11H20N4/c1-3-9-4-5-10(6-9)12-7-11-13-8-14-15(11)2/h8-10,12H,3-7H2,1-2H3. The molecule has 1 aliphatic carbocycles. The Labute approximate surface area is 91.1 Å². The maximum atomic E-state index is 4.21. The summed E-state index contributed by atoms with van der Waals surface area (Å²) in [4.78, 5) is 4.21. The molecule has 0 amide bonds. The molecule has 1 aromatic rings. The lowest BCUT2D eigenvalue weighted by atomic mass is 10.1. The van der Waals surface area contributed by atoms with Crippen LogP contribution in [0.3, 0.4) is 0 Å². The zero-order valence-corrected chi connectivity index (χ0v) is 9.61. The zero-order valence-electron chi connectivity index (χ0n) is 9.61. The molecule has 2 rings (SSSR count). The molecule has 2 unspecified atom stereocenters. The fourth-order valence-electron chi connectivity index (χ4n) is 2.35. The van der Waals surface area contributed by atoms with Gasteiger partial charge >= 0.3 is 0 Å². The van der Waals surface area contributed by atoms with Crippen LogP contribution >= 0.6 is 0 Å². The smallest absolute Gasteiger partial charge is 0.140 e. The largest absolute Gasteiger partial charge is 0.307 e. The minimum Gasteiger partial charge on any atom is -0.307 e. The number of nitrogens with one attached hydrogen (secondary N) is 1. The van der Waals surface area contributed by atoms with Gasteiger partial charge in [0.1, 0.15) is 12.2 Å². The minimum absolute atomic E-state index is 0.687. The van der Waals surface area contributed by atoms with Crippen molar-refractivity contribution in [3.05, 3.63) is 12.2 Å². The summed E-state index contributed by atoms with van der Waals surface area (Å²) < 4.78 is 1.83. The molecule has 0 aromatic carbocycles. The van der Waals surface area contributed by atoms with Crippen LogP contribution in [-0.2, 0) is 13.6 Å². The van der Waals surface area contributed by atoms with Crippen LogP contribution in [0, 0.1) is 5.92 Å². The van der Waals surface area contributed by atoms with Crippen molar-refractivity contribution in [3.63, 3.8) is 0 Å². The average molecular weight is 208 g/mol. The maximum absolute atomic E-state index is 4.21. The van der Waals surface area contributed by atoms with Crippen LogP contribution < -0.4 is 5.32 Å². The van der Waals surface area contributed by atoms with Crippen molar-refractivity contribution in [3.8, 4) is 0 Å². The molecule has 0 aliphatic heterocycles. The van der Waals surface area contributed by atoms with E-state index in [1.165, 1.54) is 25.7 Å². The molecule has 4 heteroatoms. The summed E-state index contributed by atoms with van der Waals surface area (Å²) in [6.07, 6.45) is 6.96. The molecule has 1 aliphatic rings. The average Bonchev–Trinajstić information content (AvgIpc) is 2.84. The quantitative estimate of drug-likeness (QED) is 0.815. The Kier molecular flexibility index (Phi) is 3.36. The van der Waals surface area contributed by atoms with Gasteiger partial charge in [-0.25, -0.2) is 4.98 Å². The fraction of sp³-hybridized carbons (Fsp3) is 0.818. The minimum atomic E-state index is 0.687. The molecule has 1 N–H and O–H groups in total. The molecule has 1 aromatic heterocycles. The van der Waals surface area contributed by atoms with Gasteiger partial charge in [-0.1, -0.05) is 13.3 Å². The molecular weight excluding hydrogens is 188 g/mol. The lowest BCUT2D eigenvalue weighted by molar-refractivity contribution is 0.466. The topological polar surface area (TPSA) is 42.7 Å². The lowest BCUT2D eigenvalue weighted by Gasteiger charge is -2.11. The predicted molar refractivity (Wildman–Crippen MR) is 59.3 cm³/mol. The molecule has 1 heterocycles. The molecule has 1 fully saturated rings. The van der Waals surface area contributed by atoms with Gasteiger partial charge in [-0.05, 0) is 25.2 Å². The first-order chi connectivity index (χ1) is 7.29. The van der Waals surface area contributed by atoms with E-state index in [2.05, 4.69) is 22.3 Å². The molecule has 0 spiro atoms. The Morgan fingerprint density at radius 1 is 1.53 bits per heavy atom. The van der Waals surface area contributed by atoms with E-state index in [1.54, 1.807) is 6.33 Å². The highest BCUT2D eigenvalue weighted by Gasteiger charge is 2.22. The predicted octanol–water partition coefficient (Wildman–Crippen LogP) is 1.48. The van der Waals surface area contributed by atoms with Gasteiger partial charge in [0.25, 0.3) is 0 Å². The third kappa shape index (κ3) is 2.56. The van der Waals surface area contributed by atoms with Gasteiger partial charge in [0.2, 0.25) is 0 Å². The number of aromatic nitrogens is 3. The molecule has 0 saturated heterocycles. The van der Waals surface area contributed by atoms with E-state index in [-0.39, 0.29) is 0 Å². The molecule has 2 atom stereocenters. The van der Waals surface area contributed by atoms with E-state index in [4.69, 9.17) is 0 Å². The molecule has 0 radical (unpaired) electrons.